The zero-order chi connectivity index (χ0) is 10.7. The van der Waals surface area contributed by atoms with Gasteiger partial charge in [0.1, 0.15) is 0 Å². The molecule has 2 heterocycles. The zero-order valence-electron chi connectivity index (χ0n) is 9.10. The molecule has 0 saturated carbocycles. The lowest BCUT2D eigenvalue weighted by Crippen LogP contribution is -2.45. The van der Waals surface area contributed by atoms with E-state index in [-0.39, 0.29) is 0 Å². The smallest absolute Gasteiger partial charge is 0.226 e. The highest BCUT2D eigenvalue weighted by atomic mass is 32.1. The molecule has 5 heteroatoms. The first kappa shape index (κ1) is 10.7. The summed E-state index contributed by atoms with van der Waals surface area (Å²) in [5, 5.41) is 2.99. The fourth-order valence-corrected chi connectivity index (χ4v) is 2.59. The largest absolute Gasteiger partial charge is 0.480 e. The van der Waals surface area contributed by atoms with Crippen molar-refractivity contribution in [3.63, 3.8) is 0 Å². The van der Waals surface area contributed by atoms with Crippen LogP contribution in [0.1, 0.15) is 13.3 Å². The molecular weight excluding hydrogens is 212 g/mol. The number of rotatable bonds is 3. The summed E-state index contributed by atoms with van der Waals surface area (Å²) in [6.45, 7) is 4.70. The van der Waals surface area contributed by atoms with Gasteiger partial charge in [0, 0.05) is 6.54 Å². The van der Waals surface area contributed by atoms with Gasteiger partial charge in [-0.2, -0.15) is 4.98 Å². The molecule has 1 atom stereocenters. The number of methoxy groups -OCH3 is 1. The molecule has 1 aliphatic rings. The second kappa shape index (κ2) is 4.81. The van der Waals surface area contributed by atoms with Crippen molar-refractivity contribution in [2.75, 3.05) is 31.8 Å². The van der Waals surface area contributed by atoms with Crippen LogP contribution in [0.15, 0.2) is 5.38 Å². The van der Waals surface area contributed by atoms with Crippen molar-refractivity contribution in [3.8, 4) is 5.88 Å². The number of nitrogens with zero attached hydrogens (tertiary/aromatic N) is 2. The quantitative estimate of drug-likeness (QED) is 0.789. The second-order valence-corrected chi connectivity index (χ2v) is 4.34. The van der Waals surface area contributed by atoms with Gasteiger partial charge in [0.25, 0.3) is 0 Å². The molecule has 1 aliphatic heterocycles. The van der Waals surface area contributed by atoms with Gasteiger partial charge in [-0.05, 0) is 6.42 Å². The van der Waals surface area contributed by atoms with E-state index >= 15 is 0 Å². The summed E-state index contributed by atoms with van der Waals surface area (Å²) < 4.78 is 10.6. The monoisotopic (exact) mass is 228 g/mol. The second-order valence-electron chi connectivity index (χ2n) is 3.50. The molecule has 84 valence electrons. The van der Waals surface area contributed by atoms with Crippen LogP contribution in [0, 0.1) is 0 Å². The molecule has 15 heavy (non-hydrogen) atoms. The summed E-state index contributed by atoms with van der Waals surface area (Å²) in [7, 11) is 1.65. The van der Waals surface area contributed by atoms with E-state index < -0.39 is 0 Å². The molecule has 1 aromatic rings. The van der Waals surface area contributed by atoms with E-state index in [1.54, 1.807) is 18.4 Å². The predicted octanol–water partition coefficient (Wildman–Crippen LogP) is 1.77. The van der Waals surface area contributed by atoms with Crippen molar-refractivity contribution in [2.45, 2.75) is 19.4 Å². The number of ether oxygens (including phenoxy) is 2. The van der Waals surface area contributed by atoms with Gasteiger partial charge in [-0.1, -0.05) is 6.92 Å². The number of hydrogen-bond acceptors (Lipinski definition) is 5. The molecule has 4 nitrogen and oxygen atoms in total. The van der Waals surface area contributed by atoms with Gasteiger partial charge in [-0.15, -0.1) is 11.3 Å². The molecule has 0 amide bonds. The lowest BCUT2D eigenvalue weighted by Gasteiger charge is -2.34. The average molecular weight is 228 g/mol. The van der Waals surface area contributed by atoms with Crippen LogP contribution in [-0.4, -0.2) is 37.9 Å². The molecule has 0 spiro atoms. The normalized spacial score (nSPS) is 21.7. The molecule has 0 bridgehead atoms. The third-order valence-corrected chi connectivity index (χ3v) is 3.48. The van der Waals surface area contributed by atoms with E-state index in [9.17, 15) is 0 Å². The van der Waals surface area contributed by atoms with Crippen LogP contribution in [0.2, 0.25) is 0 Å². The summed E-state index contributed by atoms with van der Waals surface area (Å²) in [6.07, 6.45) is 1.09. The van der Waals surface area contributed by atoms with E-state index in [2.05, 4.69) is 16.8 Å². The predicted molar refractivity (Wildman–Crippen MR) is 60.9 cm³/mol. The van der Waals surface area contributed by atoms with Gasteiger partial charge in [0.2, 0.25) is 5.88 Å². The van der Waals surface area contributed by atoms with E-state index in [0.29, 0.717) is 11.9 Å². The summed E-state index contributed by atoms with van der Waals surface area (Å²) in [5.74, 6) is 0.705. The maximum absolute atomic E-state index is 5.46. The molecule has 0 radical (unpaired) electrons. The Kier molecular flexibility index (Phi) is 3.43. The molecule has 1 fully saturated rings. The van der Waals surface area contributed by atoms with Crippen molar-refractivity contribution in [1.29, 1.82) is 0 Å². The number of thiazole rings is 1. The summed E-state index contributed by atoms with van der Waals surface area (Å²) >= 11 is 1.63. The Hall–Kier alpha value is -0.810. The van der Waals surface area contributed by atoms with Crippen LogP contribution >= 0.6 is 11.3 Å². The number of anilines is 1. The van der Waals surface area contributed by atoms with Gasteiger partial charge < -0.3 is 14.4 Å². The molecule has 1 unspecified atom stereocenters. The first-order chi connectivity index (χ1) is 7.35. The Bertz CT molecular complexity index is 316. The van der Waals surface area contributed by atoms with Crippen LogP contribution < -0.4 is 9.64 Å². The minimum atomic E-state index is 0.453. The van der Waals surface area contributed by atoms with E-state index in [4.69, 9.17) is 9.47 Å². The van der Waals surface area contributed by atoms with Crippen LogP contribution in [0.25, 0.3) is 0 Å². The van der Waals surface area contributed by atoms with Gasteiger partial charge in [0.05, 0.1) is 31.7 Å². The molecule has 0 N–H and O–H groups in total. The van der Waals surface area contributed by atoms with E-state index in [1.165, 1.54) is 0 Å². The summed E-state index contributed by atoms with van der Waals surface area (Å²) in [5.41, 5.74) is 0. The van der Waals surface area contributed by atoms with Gasteiger partial charge in [0.15, 0.2) is 5.13 Å². The summed E-state index contributed by atoms with van der Waals surface area (Å²) in [4.78, 5) is 6.73. The molecular formula is C10H16N2O2S. The Morgan fingerprint density at radius 1 is 1.73 bits per heavy atom. The number of aromatic nitrogens is 1. The Balaban J connectivity index is 2.12. The highest BCUT2D eigenvalue weighted by Crippen LogP contribution is 2.28. The first-order valence-corrected chi connectivity index (χ1v) is 6.07. The Morgan fingerprint density at radius 2 is 2.60 bits per heavy atom. The highest BCUT2D eigenvalue weighted by Gasteiger charge is 2.23. The van der Waals surface area contributed by atoms with Gasteiger partial charge in [-0.25, -0.2) is 0 Å². The Morgan fingerprint density at radius 3 is 3.27 bits per heavy atom. The lowest BCUT2D eigenvalue weighted by molar-refractivity contribution is 0.0929. The third-order valence-electron chi connectivity index (χ3n) is 2.62. The minimum Gasteiger partial charge on any atom is -0.480 e. The lowest BCUT2D eigenvalue weighted by atomic mass is 10.2. The van der Waals surface area contributed by atoms with Crippen LogP contribution in [0.5, 0.6) is 5.88 Å². The van der Waals surface area contributed by atoms with E-state index in [1.807, 2.05) is 5.38 Å². The third kappa shape index (κ3) is 2.23. The topological polar surface area (TPSA) is 34.6 Å². The highest BCUT2D eigenvalue weighted by molar-refractivity contribution is 7.13. The van der Waals surface area contributed by atoms with Crippen LogP contribution in [0.3, 0.4) is 0 Å². The standard InChI is InChI=1S/C10H16N2O2S/c1-3-8-6-14-5-4-12(8)10-11-9(13-2)7-15-10/h7-8H,3-6H2,1-2H3. The van der Waals surface area contributed by atoms with Crippen LogP contribution in [-0.2, 0) is 4.74 Å². The molecule has 2 rings (SSSR count). The van der Waals surface area contributed by atoms with Gasteiger partial charge in [-0.3, -0.25) is 0 Å². The van der Waals surface area contributed by atoms with Crippen molar-refractivity contribution in [3.05, 3.63) is 5.38 Å². The average Bonchev–Trinajstić information content (AvgIpc) is 2.77. The maximum atomic E-state index is 5.46. The fraction of sp³-hybridized carbons (Fsp3) is 0.700. The maximum Gasteiger partial charge on any atom is 0.226 e. The van der Waals surface area contributed by atoms with Gasteiger partial charge >= 0.3 is 0 Å². The Labute approximate surface area is 93.8 Å². The van der Waals surface area contributed by atoms with Crippen molar-refractivity contribution >= 4 is 16.5 Å². The van der Waals surface area contributed by atoms with Crippen LogP contribution in [0.4, 0.5) is 5.13 Å². The molecule has 1 saturated heterocycles. The van der Waals surface area contributed by atoms with Crippen molar-refractivity contribution in [2.24, 2.45) is 0 Å². The fourth-order valence-electron chi connectivity index (χ4n) is 1.72. The van der Waals surface area contributed by atoms with Crippen molar-refractivity contribution < 1.29 is 9.47 Å². The molecule has 0 aliphatic carbocycles. The number of hydrogen-bond donors (Lipinski definition) is 0. The first-order valence-electron chi connectivity index (χ1n) is 5.19. The zero-order valence-corrected chi connectivity index (χ0v) is 9.92. The molecule has 1 aromatic heterocycles. The molecule has 0 aromatic carbocycles. The SMILES string of the molecule is CCC1COCCN1c1nc(OC)cs1. The number of morpholine rings is 1. The summed E-state index contributed by atoms with van der Waals surface area (Å²) in [6, 6.07) is 0.453. The minimum absolute atomic E-state index is 0.453. The van der Waals surface area contributed by atoms with Crippen molar-refractivity contribution in [1.82, 2.24) is 4.98 Å². The van der Waals surface area contributed by atoms with E-state index in [0.717, 1.165) is 31.3 Å².